The number of hydrogen-bond acceptors (Lipinski definition) is 5. The quantitative estimate of drug-likeness (QED) is 0.185. The zero-order valence-corrected chi connectivity index (χ0v) is 22.5. The van der Waals surface area contributed by atoms with Crippen LogP contribution in [-0.2, 0) is 45.4 Å². The molecule has 4 aromatic rings. The van der Waals surface area contributed by atoms with Crippen LogP contribution in [0.4, 0.5) is 0 Å². The van der Waals surface area contributed by atoms with Gasteiger partial charge in [-0.2, -0.15) is 0 Å². The van der Waals surface area contributed by atoms with Gasteiger partial charge in [-0.1, -0.05) is 121 Å². The number of ether oxygens (including phenoxy) is 4. The summed E-state index contributed by atoms with van der Waals surface area (Å²) in [7, 11) is 0. The molecule has 4 aromatic carbocycles. The van der Waals surface area contributed by atoms with Crippen molar-refractivity contribution in [3.8, 4) is 0 Å². The third-order valence-electron chi connectivity index (χ3n) is 6.49. The molecule has 0 unspecified atom stereocenters. The highest BCUT2D eigenvalue weighted by molar-refractivity contribution is 5.16. The van der Waals surface area contributed by atoms with Gasteiger partial charge in [0, 0.05) is 0 Å². The van der Waals surface area contributed by atoms with Gasteiger partial charge in [-0.25, -0.2) is 0 Å². The molecule has 0 aliphatic carbocycles. The van der Waals surface area contributed by atoms with Gasteiger partial charge in [0.15, 0.2) is 0 Å². The Labute approximate surface area is 232 Å². The lowest BCUT2D eigenvalue weighted by Gasteiger charge is -2.34. The van der Waals surface area contributed by atoms with Crippen LogP contribution in [0.15, 0.2) is 121 Å². The first-order chi connectivity index (χ1) is 19.2. The summed E-state index contributed by atoms with van der Waals surface area (Å²) in [5.74, 6) is 0. The highest BCUT2D eigenvalue weighted by Crippen LogP contribution is 2.21. The van der Waals surface area contributed by atoms with Crippen molar-refractivity contribution < 1.29 is 24.1 Å². The first kappa shape index (κ1) is 28.7. The van der Waals surface area contributed by atoms with Crippen LogP contribution in [0.25, 0.3) is 0 Å². The van der Waals surface area contributed by atoms with Gasteiger partial charge in [0.05, 0.1) is 39.1 Å². The van der Waals surface area contributed by atoms with Crippen molar-refractivity contribution in [2.24, 2.45) is 0 Å². The van der Waals surface area contributed by atoms with Crippen molar-refractivity contribution in [3.05, 3.63) is 144 Å². The summed E-state index contributed by atoms with van der Waals surface area (Å²) in [4.78, 5) is 0. The van der Waals surface area contributed by atoms with E-state index in [0.29, 0.717) is 26.4 Å². The second-order valence-electron chi connectivity index (χ2n) is 9.59. The van der Waals surface area contributed by atoms with E-state index in [0.717, 1.165) is 22.3 Å². The van der Waals surface area contributed by atoms with Gasteiger partial charge in [-0.15, -0.1) is 0 Å². The number of rotatable bonds is 16. The maximum Gasteiger partial charge on any atom is 0.115 e. The van der Waals surface area contributed by atoms with Crippen molar-refractivity contribution in [3.63, 3.8) is 0 Å². The van der Waals surface area contributed by atoms with E-state index in [1.165, 1.54) is 0 Å². The zero-order chi connectivity index (χ0) is 27.1. The van der Waals surface area contributed by atoms with Crippen LogP contribution in [-0.4, -0.2) is 36.1 Å². The molecule has 0 saturated heterocycles. The molecule has 0 heterocycles. The average molecular weight is 527 g/mol. The molecule has 0 spiro atoms. The monoisotopic (exact) mass is 526 g/mol. The Hall–Kier alpha value is -3.32. The molecule has 0 bridgehead atoms. The molecule has 0 amide bonds. The Morgan fingerprint density at radius 3 is 1.28 bits per heavy atom. The predicted octanol–water partition coefficient (Wildman–Crippen LogP) is 6.34. The topological polar surface area (TPSA) is 57.2 Å². The van der Waals surface area contributed by atoms with Gasteiger partial charge >= 0.3 is 0 Å². The lowest BCUT2D eigenvalue weighted by molar-refractivity contribution is -0.184. The highest BCUT2D eigenvalue weighted by Gasteiger charge is 2.35. The van der Waals surface area contributed by atoms with E-state index < -0.39 is 18.3 Å². The molecule has 1 N–H and O–H groups in total. The number of benzene rings is 4. The Kier molecular flexibility index (Phi) is 11.7. The molecule has 0 aliphatic rings. The summed E-state index contributed by atoms with van der Waals surface area (Å²) < 4.78 is 25.0. The second kappa shape index (κ2) is 15.9. The minimum absolute atomic E-state index is 0.102. The fraction of sp³-hybridized carbons (Fsp3) is 0.294. The van der Waals surface area contributed by atoms with E-state index in [-0.39, 0.29) is 12.7 Å². The van der Waals surface area contributed by atoms with E-state index in [1.807, 2.05) is 128 Å². The molecule has 204 valence electrons. The Bertz CT molecular complexity index is 1170. The summed E-state index contributed by atoms with van der Waals surface area (Å²) in [6, 6.07) is 39.9. The normalized spacial score (nSPS) is 14.4. The maximum atomic E-state index is 11.4. The molecule has 5 nitrogen and oxygen atoms in total. The molecule has 0 saturated carbocycles. The molecule has 39 heavy (non-hydrogen) atoms. The van der Waals surface area contributed by atoms with Crippen molar-refractivity contribution in [2.75, 3.05) is 6.61 Å². The fourth-order valence-corrected chi connectivity index (χ4v) is 4.32. The minimum Gasteiger partial charge on any atom is -0.388 e. The highest BCUT2D eigenvalue weighted by atomic mass is 16.6. The molecular weight excluding hydrogens is 488 g/mol. The number of aliphatic hydroxyl groups excluding tert-OH is 1. The third kappa shape index (κ3) is 9.74. The predicted molar refractivity (Wildman–Crippen MR) is 153 cm³/mol. The van der Waals surface area contributed by atoms with E-state index >= 15 is 0 Å². The van der Waals surface area contributed by atoms with Gasteiger partial charge in [0.2, 0.25) is 0 Å². The van der Waals surface area contributed by atoms with Crippen molar-refractivity contribution in [1.82, 2.24) is 0 Å². The molecule has 4 rings (SSSR count). The lowest BCUT2D eigenvalue weighted by atomic mass is 10.0. The summed E-state index contributed by atoms with van der Waals surface area (Å²) >= 11 is 0. The smallest absolute Gasteiger partial charge is 0.115 e. The van der Waals surface area contributed by atoms with Gasteiger partial charge in [-0.05, 0) is 29.2 Å². The zero-order valence-electron chi connectivity index (χ0n) is 22.5. The van der Waals surface area contributed by atoms with E-state index in [9.17, 15) is 5.11 Å². The van der Waals surface area contributed by atoms with Crippen LogP contribution in [0.3, 0.4) is 0 Å². The lowest BCUT2D eigenvalue weighted by Crippen LogP contribution is -2.49. The Morgan fingerprint density at radius 1 is 0.487 bits per heavy atom. The van der Waals surface area contributed by atoms with Crippen LogP contribution in [0.2, 0.25) is 0 Å². The summed E-state index contributed by atoms with van der Waals surface area (Å²) in [6.07, 6.45) is -2.53. The molecule has 0 aliphatic heterocycles. The first-order valence-corrected chi connectivity index (χ1v) is 13.5. The summed E-state index contributed by atoms with van der Waals surface area (Å²) in [5.41, 5.74) is 4.16. The van der Waals surface area contributed by atoms with E-state index in [2.05, 4.69) is 0 Å². The SMILES string of the molecule is C[C@H](OCc1ccccc1)[C@@H](OCc1ccccc1)[C@H](OCc1ccccc1)[C@H](O)COCc1ccccc1. The van der Waals surface area contributed by atoms with E-state index in [1.54, 1.807) is 0 Å². The van der Waals surface area contributed by atoms with Gasteiger partial charge in [0.1, 0.15) is 18.3 Å². The maximum absolute atomic E-state index is 11.4. The molecule has 0 aromatic heterocycles. The summed E-state index contributed by atoms with van der Waals surface area (Å²) in [5, 5.41) is 11.4. The van der Waals surface area contributed by atoms with Gasteiger partial charge in [-0.3, -0.25) is 0 Å². The van der Waals surface area contributed by atoms with Crippen LogP contribution in [0.5, 0.6) is 0 Å². The molecule has 0 fully saturated rings. The van der Waals surface area contributed by atoms with Gasteiger partial charge in [0.25, 0.3) is 0 Å². The first-order valence-electron chi connectivity index (χ1n) is 13.5. The van der Waals surface area contributed by atoms with Crippen LogP contribution in [0, 0.1) is 0 Å². The van der Waals surface area contributed by atoms with Crippen molar-refractivity contribution >= 4 is 0 Å². The summed E-state index contributed by atoms with van der Waals surface area (Å²) in [6.45, 7) is 3.60. The Balaban J connectivity index is 1.49. The molecule has 0 radical (unpaired) electrons. The molecule has 4 atom stereocenters. The molecular formula is C34H38O5. The van der Waals surface area contributed by atoms with Gasteiger partial charge < -0.3 is 24.1 Å². The fourth-order valence-electron chi connectivity index (χ4n) is 4.32. The van der Waals surface area contributed by atoms with Crippen LogP contribution >= 0.6 is 0 Å². The van der Waals surface area contributed by atoms with Crippen molar-refractivity contribution in [2.45, 2.75) is 57.8 Å². The largest absolute Gasteiger partial charge is 0.388 e. The minimum atomic E-state index is -0.930. The molecule has 5 heteroatoms. The number of hydrogen-bond donors (Lipinski definition) is 1. The standard InChI is InChI=1S/C34H38O5/c1-27(37-23-29-16-8-3-9-17-29)33(38-24-30-18-10-4-11-19-30)34(39-25-31-20-12-5-13-21-31)32(35)26-36-22-28-14-6-2-7-15-28/h2-21,27,32-35H,22-26H2,1H3/t27-,32+,33+,34+/m0/s1. The average Bonchev–Trinajstić information content (AvgIpc) is 2.99. The Morgan fingerprint density at radius 2 is 0.846 bits per heavy atom. The van der Waals surface area contributed by atoms with Crippen molar-refractivity contribution in [1.29, 1.82) is 0 Å². The van der Waals surface area contributed by atoms with E-state index in [4.69, 9.17) is 18.9 Å². The second-order valence-corrected chi connectivity index (χ2v) is 9.59. The third-order valence-corrected chi connectivity index (χ3v) is 6.49. The number of aliphatic hydroxyl groups is 1. The van der Waals surface area contributed by atoms with Crippen LogP contribution < -0.4 is 0 Å². The van der Waals surface area contributed by atoms with Crippen LogP contribution in [0.1, 0.15) is 29.2 Å².